The first-order chi connectivity index (χ1) is 18.8. The lowest BCUT2D eigenvalue weighted by molar-refractivity contribution is -0.142. The molecule has 1 fully saturated rings. The van der Waals surface area contributed by atoms with Crippen LogP contribution in [0.4, 0.5) is 4.39 Å². The molecule has 1 saturated heterocycles. The predicted molar refractivity (Wildman–Crippen MR) is 144 cm³/mol. The van der Waals surface area contributed by atoms with Gasteiger partial charge in [-0.25, -0.2) is 14.2 Å². The molecule has 0 aliphatic carbocycles. The molecule has 3 aromatic rings. The summed E-state index contributed by atoms with van der Waals surface area (Å²) in [6.45, 7) is 1.80. The average Bonchev–Trinajstić information content (AvgIpc) is 3.43. The third-order valence-electron chi connectivity index (χ3n) is 6.03. The number of hydrogen-bond donors (Lipinski definition) is 4. The van der Waals surface area contributed by atoms with Crippen molar-refractivity contribution in [2.75, 3.05) is 13.7 Å². The van der Waals surface area contributed by atoms with Crippen molar-refractivity contribution in [3.05, 3.63) is 67.2 Å². The van der Waals surface area contributed by atoms with Crippen LogP contribution in [-0.4, -0.2) is 68.1 Å². The van der Waals surface area contributed by atoms with E-state index in [9.17, 15) is 24.4 Å². The number of benzene rings is 1. The number of H-pyrrole nitrogens is 1. The smallest absolute Gasteiger partial charge is 0.468 e. The fraction of sp³-hybridized carbons (Fsp3) is 0.391. The minimum Gasteiger partial charge on any atom is -0.468 e. The van der Waals surface area contributed by atoms with E-state index in [2.05, 4.69) is 14.8 Å². The van der Waals surface area contributed by atoms with Crippen molar-refractivity contribution in [2.45, 2.75) is 44.0 Å². The molecule has 0 bridgehead atoms. The first-order valence-electron chi connectivity index (χ1n) is 11.7. The number of methoxy groups -OCH3 is 1. The van der Waals surface area contributed by atoms with Gasteiger partial charge in [0.25, 0.3) is 5.56 Å². The number of aromatic nitrogens is 3. The Hall–Kier alpha value is -2.75. The van der Waals surface area contributed by atoms with Crippen molar-refractivity contribution in [2.24, 2.45) is 0 Å². The Kier molecular flexibility index (Phi) is 9.07. The van der Waals surface area contributed by atoms with Gasteiger partial charge < -0.3 is 14.6 Å². The largest absolute Gasteiger partial charge is 0.544 e. The van der Waals surface area contributed by atoms with Crippen molar-refractivity contribution in [3.63, 3.8) is 0 Å². The maximum atomic E-state index is 15.5. The number of carbonyl (C=O) groups excluding carboxylic acids is 1. The van der Waals surface area contributed by atoms with Crippen molar-refractivity contribution in [1.29, 1.82) is 0 Å². The van der Waals surface area contributed by atoms with Gasteiger partial charge in [-0.05, 0) is 38.1 Å². The number of thiazole rings is 1. The van der Waals surface area contributed by atoms with Crippen LogP contribution in [0.1, 0.15) is 20.1 Å². The summed E-state index contributed by atoms with van der Waals surface area (Å²) >= 11 is 7.41. The molecule has 2 aromatic heterocycles. The third kappa shape index (κ3) is 6.42. The lowest BCUT2D eigenvalue weighted by Gasteiger charge is -2.24. The third-order valence-corrected chi connectivity index (χ3v) is 8.76. The molecule has 4 N–H and O–H groups in total. The summed E-state index contributed by atoms with van der Waals surface area (Å²) in [6.07, 6.45) is -3.79. The van der Waals surface area contributed by atoms with E-state index in [0.717, 1.165) is 30.9 Å². The molecule has 3 heterocycles. The van der Waals surface area contributed by atoms with E-state index >= 15 is 4.39 Å². The van der Waals surface area contributed by atoms with Crippen molar-refractivity contribution in [1.82, 2.24) is 19.6 Å². The van der Waals surface area contributed by atoms with Gasteiger partial charge in [0, 0.05) is 17.8 Å². The first-order valence-corrected chi connectivity index (χ1v) is 14.5. The van der Waals surface area contributed by atoms with Crippen LogP contribution in [0.25, 0.3) is 11.3 Å². The van der Waals surface area contributed by atoms with E-state index in [-0.39, 0.29) is 5.75 Å². The molecule has 1 aliphatic rings. The maximum absolute atomic E-state index is 15.5. The quantitative estimate of drug-likeness (QED) is 0.193. The van der Waals surface area contributed by atoms with Gasteiger partial charge in [0.2, 0.25) is 0 Å². The molecular formula is C23H26ClFN4O9PS+. The number of halogens is 2. The minimum atomic E-state index is -4.15. The van der Waals surface area contributed by atoms with Gasteiger partial charge in [-0.15, -0.1) is 11.3 Å². The molecule has 4 rings (SSSR count). The Balaban J connectivity index is 1.53. The Morgan fingerprint density at radius 2 is 2.08 bits per heavy atom. The van der Waals surface area contributed by atoms with Gasteiger partial charge in [0.1, 0.15) is 29.2 Å². The van der Waals surface area contributed by atoms with Gasteiger partial charge in [-0.3, -0.25) is 23.7 Å². The normalized spacial score (nSPS) is 24.8. The minimum absolute atomic E-state index is 0.136. The highest BCUT2D eigenvalue weighted by atomic mass is 35.5. The summed E-state index contributed by atoms with van der Waals surface area (Å²) in [6, 6.07) is 6.24. The molecule has 0 amide bonds. The number of rotatable bonds is 10. The molecule has 0 spiro atoms. The van der Waals surface area contributed by atoms with E-state index in [1.807, 2.05) is 4.98 Å². The van der Waals surface area contributed by atoms with Gasteiger partial charge in [0.15, 0.2) is 17.6 Å². The summed E-state index contributed by atoms with van der Waals surface area (Å²) in [4.78, 5) is 53.1. The van der Waals surface area contributed by atoms with E-state index in [1.54, 1.807) is 17.6 Å². The Labute approximate surface area is 236 Å². The average molecular weight is 620 g/mol. The summed E-state index contributed by atoms with van der Waals surface area (Å²) < 4.78 is 38.4. The lowest BCUT2D eigenvalue weighted by atomic mass is 9.98. The monoisotopic (exact) mass is 619 g/mol. The number of aromatic amines is 1. The first kappa shape index (κ1) is 30.2. The van der Waals surface area contributed by atoms with Crippen LogP contribution in [0.3, 0.4) is 0 Å². The van der Waals surface area contributed by atoms with E-state index in [1.165, 1.54) is 30.4 Å². The second kappa shape index (κ2) is 12.0. The standard InChI is InChI=1S/C23H25ClFN4O9PS/c1-12(20(32)35-3)28-39(34,38-14-6-4-13(5-7-14)17-19(24)40-11-26-17)36-10-15-18(31)23(2,25)21(37-15)29-9-8-16(30)27-22(29)33/h4-9,11-12,15,18,21,28,31,34H,10H2,1-3H3/p+1/t12-,15+,18+,21+,23+,39?/m0/s1. The van der Waals surface area contributed by atoms with E-state index < -0.39 is 62.1 Å². The topological polar surface area (TPSA) is 174 Å². The molecule has 13 nitrogen and oxygen atoms in total. The van der Waals surface area contributed by atoms with Crippen LogP contribution < -0.4 is 20.9 Å². The van der Waals surface area contributed by atoms with Crippen molar-refractivity contribution < 1.29 is 37.7 Å². The number of nitrogens with zero attached hydrogens (tertiary/aromatic N) is 2. The van der Waals surface area contributed by atoms with Crippen LogP contribution >= 0.6 is 31.0 Å². The fourth-order valence-electron chi connectivity index (χ4n) is 3.94. The maximum Gasteiger partial charge on any atom is 0.544 e. The number of nitrogens with one attached hydrogen (secondary N) is 2. The van der Waals surface area contributed by atoms with Gasteiger partial charge >= 0.3 is 19.8 Å². The highest BCUT2D eigenvalue weighted by Gasteiger charge is 2.57. The summed E-state index contributed by atoms with van der Waals surface area (Å²) in [5.74, 6) is -0.596. The fourth-order valence-corrected chi connectivity index (χ4v) is 6.28. The number of aliphatic hydroxyl groups is 1. The number of ether oxygens (including phenoxy) is 2. The Bertz CT molecular complexity index is 1470. The molecular weight excluding hydrogens is 594 g/mol. The molecule has 17 heteroatoms. The van der Waals surface area contributed by atoms with Crippen molar-refractivity contribution in [3.8, 4) is 17.0 Å². The number of aliphatic hydroxyl groups excluding tert-OH is 1. The molecule has 40 heavy (non-hydrogen) atoms. The summed E-state index contributed by atoms with van der Waals surface area (Å²) in [5.41, 5.74) is -1.29. The van der Waals surface area contributed by atoms with Crippen LogP contribution in [0.2, 0.25) is 4.34 Å². The molecule has 216 valence electrons. The SMILES string of the molecule is COC(=O)[C@H](C)N[P+](O)(OC[C@H]1O[C@@H](n2ccc(=O)[nH]c2=O)[C@](C)(F)[C@@H]1O)Oc1ccc(-c2ncsc2Cl)cc1. The lowest BCUT2D eigenvalue weighted by Crippen LogP contribution is -2.44. The molecule has 6 atom stereocenters. The number of alkyl halides is 1. The number of carbonyl (C=O) groups is 1. The van der Waals surface area contributed by atoms with E-state index in [0.29, 0.717) is 15.6 Å². The number of hydrogen-bond acceptors (Lipinski definition) is 12. The second-order valence-electron chi connectivity index (χ2n) is 8.92. The van der Waals surface area contributed by atoms with Crippen LogP contribution in [0, 0.1) is 0 Å². The highest BCUT2D eigenvalue weighted by molar-refractivity contribution is 7.59. The molecule has 1 aliphatic heterocycles. The van der Waals surface area contributed by atoms with Crippen LogP contribution in [-0.2, 0) is 18.8 Å². The van der Waals surface area contributed by atoms with Gasteiger partial charge in [-0.2, -0.15) is 9.42 Å². The Morgan fingerprint density at radius 3 is 2.67 bits per heavy atom. The predicted octanol–water partition coefficient (Wildman–Crippen LogP) is 2.22. The van der Waals surface area contributed by atoms with Gasteiger partial charge in [0.05, 0.1) is 18.3 Å². The summed E-state index contributed by atoms with van der Waals surface area (Å²) in [5, 5.41) is 13.2. The highest BCUT2D eigenvalue weighted by Crippen LogP contribution is 2.54. The zero-order valence-corrected chi connectivity index (χ0v) is 23.8. The molecule has 1 aromatic carbocycles. The second-order valence-corrected chi connectivity index (χ2v) is 12.1. The molecule has 0 radical (unpaired) electrons. The zero-order chi connectivity index (χ0) is 29.2. The van der Waals surface area contributed by atoms with Crippen LogP contribution in [0.5, 0.6) is 5.75 Å². The van der Waals surface area contributed by atoms with E-state index in [4.69, 9.17) is 25.4 Å². The Morgan fingerprint density at radius 1 is 1.38 bits per heavy atom. The number of esters is 1. The molecule has 1 unspecified atom stereocenters. The summed E-state index contributed by atoms with van der Waals surface area (Å²) in [7, 11) is -2.99. The molecule has 0 saturated carbocycles. The van der Waals surface area contributed by atoms with Gasteiger partial charge in [-0.1, -0.05) is 16.7 Å². The van der Waals surface area contributed by atoms with Crippen molar-refractivity contribution >= 4 is 37.0 Å². The zero-order valence-electron chi connectivity index (χ0n) is 21.3. The van der Waals surface area contributed by atoms with Crippen LogP contribution in [0.15, 0.2) is 51.6 Å².